The van der Waals surface area contributed by atoms with Gasteiger partial charge < -0.3 is 4.55 Å². The second kappa shape index (κ2) is 5.89. The first kappa shape index (κ1) is 12.3. The molecule has 0 amide bonds. The first-order valence-electron chi connectivity index (χ1n) is 3.42. The minimum atomic E-state index is -2.09. The van der Waals surface area contributed by atoms with E-state index in [1.165, 1.54) is 0 Å². The minimum Gasteiger partial charge on any atom is -0.768 e. The summed E-state index contributed by atoms with van der Waals surface area (Å²) in [6, 6.07) is 6.94. The Morgan fingerprint density at radius 2 is 2.17 bits per heavy atom. The Morgan fingerprint density at radius 1 is 1.50 bits per heavy atom. The fourth-order valence-electron chi connectivity index (χ4n) is 0.869. The summed E-state index contributed by atoms with van der Waals surface area (Å²) in [6.07, 6.45) is 0.866. The monoisotopic (exact) mass is 192 g/mol. The molecule has 0 saturated heterocycles. The average molecular weight is 192 g/mol. The zero-order valence-electron chi connectivity index (χ0n) is 7.24. The normalized spacial score (nSPS) is 11.8. The molecule has 0 fully saturated rings. The van der Waals surface area contributed by atoms with Crippen molar-refractivity contribution in [1.82, 2.24) is 0 Å². The van der Waals surface area contributed by atoms with E-state index in [0.717, 1.165) is 12.0 Å². The quantitative estimate of drug-likeness (QED) is 0.422. The maximum Gasteiger partial charge on any atom is 1.00 e. The van der Waals surface area contributed by atoms with Crippen LogP contribution < -0.4 is 29.6 Å². The van der Waals surface area contributed by atoms with E-state index in [-0.39, 0.29) is 29.6 Å². The van der Waals surface area contributed by atoms with E-state index < -0.39 is 11.1 Å². The van der Waals surface area contributed by atoms with Gasteiger partial charge in [0.25, 0.3) is 0 Å². The summed E-state index contributed by atoms with van der Waals surface area (Å²) in [5.41, 5.74) is 1.05. The molecule has 1 unspecified atom stereocenters. The molecular weight excluding hydrogens is 183 g/mol. The summed E-state index contributed by atoms with van der Waals surface area (Å²) in [5, 5.41) is 0. The molecular formula is C8H9NaO2S. The summed E-state index contributed by atoms with van der Waals surface area (Å²) >= 11 is -2.09. The number of benzene rings is 1. The van der Waals surface area contributed by atoms with Crippen molar-refractivity contribution in [3.63, 3.8) is 0 Å². The van der Waals surface area contributed by atoms with Gasteiger partial charge in [-0.25, -0.2) is 0 Å². The number of hydrogen-bond donors (Lipinski definition) is 0. The van der Waals surface area contributed by atoms with Crippen LogP contribution in [0.3, 0.4) is 0 Å². The van der Waals surface area contributed by atoms with Gasteiger partial charge in [-0.1, -0.05) is 19.1 Å². The standard InChI is InChI=1S/C8H10O2S.Na/c1-2-7-4-3-5-8(6-7)11(9)10;/h3-6H,2H2,1H3,(H,9,10);/q;+1/p-1. The van der Waals surface area contributed by atoms with Gasteiger partial charge in [0.15, 0.2) is 0 Å². The third-order valence-electron chi connectivity index (χ3n) is 1.50. The number of aryl methyl sites for hydroxylation is 1. The van der Waals surface area contributed by atoms with Crippen molar-refractivity contribution in [2.45, 2.75) is 18.2 Å². The zero-order chi connectivity index (χ0) is 8.27. The second-order valence-corrected chi connectivity index (χ2v) is 3.18. The molecule has 0 N–H and O–H groups in total. The molecule has 1 rings (SSSR count). The Kier molecular flexibility index (Phi) is 6.05. The molecule has 1 atom stereocenters. The third kappa shape index (κ3) is 3.37. The van der Waals surface area contributed by atoms with Gasteiger partial charge in [-0.2, -0.15) is 0 Å². The van der Waals surface area contributed by atoms with Crippen LogP contribution in [0.4, 0.5) is 0 Å². The van der Waals surface area contributed by atoms with Crippen molar-refractivity contribution in [2.24, 2.45) is 0 Å². The number of hydrogen-bond acceptors (Lipinski definition) is 2. The van der Waals surface area contributed by atoms with Crippen molar-refractivity contribution in [3.8, 4) is 0 Å². The van der Waals surface area contributed by atoms with E-state index in [9.17, 15) is 8.76 Å². The van der Waals surface area contributed by atoms with Crippen molar-refractivity contribution < 1.29 is 38.3 Å². The molecule has 0 saturated carbocycles. The van der Waals surface area contributed by atoms with Crippen LogP contribution in [-0.2, 0) is 17.5 Å². The Bertz CT molecular complexity index is 276. The van der Waals surface area contributed by atoms with E-state index in [1.54, 1.807) is 18.2 Å². The molecule has 0 aromatic heterocycles. The molecule has 60 valence electrons. The van der Waals surface area contributed by atoms with Crippen LogP contribution in [0.25, 0.3) is 0 Å². The van der Waals surface area contributed by atoms with Gasteiger partial charge >= 0.3 is 29.6 Å². The Morgan fingerprint density at radius 3 is 2.67 bits per heavy atom. The van der Waals surface area contributed by atoms with Gasteiger partial charge in [-0.15, -0.1) is 0 Å². The minimum absolute atomic E-state index is 0. The molecule has 4 heteroatoms. The van der Waals surface area contributed by atoms with E-state index in [1.807, 2.05) is 13.0 Å². The van der Waals surface area contributed by atoms with Crippen LogP contribution in [0.15, 0.2) is 29.2 Å². The molecule has 0 heterocycles. The molecule has 1 aromatic carbocycles. The number of rotatable bonds is 2. The Hall–Kier alpha value is 0.330. The van der Waals surface area contributed by atoms with Gasteiger partial charge in [0.2, 0.25) is 0 Å². The molecule has 0 spiro atoms. The summed E-state index contributed by atoms with van der Waals surface area (Å²) in [5.74, 6) is 0. The largest absolute Gasteiger partial charge is 1.00 e. The van der Waals surface area contributed by atoms with Crippen LogP contribution in [-0.4, -0.2) is 8.76 Å². The molecule has 1 aromatic rings. The second-order valence-electron chi connectivity index (χ2n) is 2.24. The van der Waals surface area contributed by atoms with Gasteiger partial charge in [0.05, 0.1) is 0 Å². The van der Waals surface area contributed by atoms with E-state index in [4.69, 9.17) is 0 Å². The van der Waals surface area contributed by atoms with Crippen LogP contribution in [0, 0.1) is 0 Å². The molecule has 0 radical (unpaired) electrons. The fraction of sp³-hybridized carbons (Fsp3) is 0.250. The van der Waals surface area contributed by atoms with Gasteiger partial charge in [0.1, 0.15) is 0 Å². The fourth-order valence-corrected chi connectivity index (χ4v) is 1.31. The third-order valence-corrected chi connectivity index (χ3v) is 2.14. The van der Waals surface area contributed by atoms with E-state index >= 15 is 0 Å². The molecule has 0 aliphatic carbocycles. The molecule has 12 heavy (non-hydrogen) atoms. The maximum atomic E-state index is 10.5. The zero-order valence-corrected chi connectivity index (χ0v) is 10.1. The van der Waals surface area contributed by atoms with E-state index in [0.29, 0.717) is 4.90 Å². The summed E-state index contributed by atoms with van der Waals surface area (Å²) in [7, 11) is 0. The van der Waals surface area contributed by atoms with Gasteiger partial charge in [-0.3, -0.25) is 4.21 Å². The predicted octanol–water partition coefficient (Wildman–Crippen LogP) is -1.51. The average Bonchev–Trinajstić information content (AvgIpc) is 2.05. The van der Waals surface area contributed by atoms with Gasteiger partial charge in [0, 0.05) is 4.90 Å². The maximum absolute atomic E-state index is 10.5. The van der Waals surface area contributed by atoms with Crippen LogP contribution in [0.1, 0.15) is 12.5 Å². The summed E-state index contributed by atoms with van der Waals surface area (Å²) < 4.78 is 20.9. The smallest absolute Gasteiger partial charge is 0.768 e. The van der Waals surface area contributed by atoms with E-state index in [2.05, 4.69) is 0 Å². The molecule has 0 aliphatic rings. The van der Waals surface area contributed by atoms with Crippen molar-refractivity contribution in [3.05, 3.63) is 29.8 Å². The molecule has 0 aliphatic heterocycles. The topological polar surface area (TPSA) is 40.1 Å². The SMILES string of the molecule is CCc1cccc(S(=O)[O-])c1.[Na+]. The van der Waals surface area contributed by atoms with Crippen LogP contribution in [0.5, 0.6) is 0 Å². The van der Waals surface area contributed by atoms with Crippen LogP contribution in [0.2, 0.25) is 0 Å². The molecule has 0 bridgehead atoms. The van der Waals surface area contributed by atoms with Crippen molar-refractivity contribution in [2.75, 3.05) is 0 Å². The van der Waals surface area contributed by atoms with Crippen molar-refractivity contribution >= 4 is 11.1 Å². The van der Waals surface area contributed by atoms with Crippen molar-refractivity contribution in [1.29, 1.82) is 0 Å². The first-order chi connectivity index (χ1) is 5.24. The van der Waals surface area contributed by atoms with Gasteiger partial charge in [-0.05, 0) is 35.2 Å². The van der Waals surface area contributed by atoms with Crippen LogP contribution >= 0.6 is 0 Å². The summed E-state index contributed by atoms with van der Waals surface area (Å²) in [6.45, 7) is 1.99. The predicted molar refractivity (Wildman–Crippen MR) is 43.0 cm³/mol. The molecule has 2 nitrogen and oxygen atoms in total. The Labute approximate surface area is 97.0 Å². The Balaban J connectivity index is 0.00000121. The first-order valence-corrected chi connectivity index (χ1v) is 4.49. The summed E-state index contributed by atoms with van der Waals surface area (Å²) in [4.78, 5) is 0.365.